The summed E-state index contributed by atoms with van der Waals surface area (Å²) in [6.45, 7) is 5.84. The monoisotopic (exact) mass is 428 g/mol. The molecule has 0 radical (unpaired) electrons. The van der Waals surface area contributed by atoms with Gasteiger partial charge in [0.05, 0.1) is 6.42 Å². The second-order valence-electron chi connectivity index (χ2n) is 6.90. The van der Waals surface area contributed by atoms with Crippen LogP contribution in [0.4, 0.5) is 5.13 Å². The minimum Gasteiger partial charge on any atom is -0.344 e. The van der Waals surface area contributed by atoms with Gasteiger partial charge in [0, 0.05) is 0 Å². The van der Waals surface area contributed by atoms with Gasteiger partial charge in [-0.1, -0.05) is 86.3 Å². The molecule has 0 aliphatic carbocycles. The van der Waals surface area contributed by atoms with Gasteiger partial charge in [-0.05, 0) is 28.0 Å². The topological polar surface area (TPSA) is 84.0 Å². The Morgan fingerprint density at radius 2 is 1.86 bits per heavy atom. The van der Waals surface area contributed by atoms with Crippen LogP contribution in [0.2, 0.25) is 0 Å². The van der Waals surface area contributed by atoms with Crippen LogP contribution in [0.5, 0.6) is 0 Å². The number of rotatable bonds is 8. The largest absolute Gasteiger partial charge is 0.344 e. The van der Waals surface area contributed by atoms with Crippen LogP contribution in [0.3, 0.4) is 0 Å². The summed E-state index contributed by atoms with van der Waals surface area (Å²) in [4.78, 5) is 25.4. The molecule has 0 aliphatic rings. The van der Waals surface area contributed by atoms with E-state index < -0.39 is 6.04 Å². The number of benzene rings is 2. The fourth-order valence-corrected chi connectivity index (χ4v) is 4.66. The van der Waals surface area contributed by atoms with Gasteiger partial charge in [0.2, 0.25) is 16.9 Å². The molecule has 0 unspecified atom stereocenters. The van der Waals surface area contributed by atoms with E-state index in [2.05, 4.69) is 20.8 Å². The molecular formula is C21H24N4O2S2. The highest BCUT2D eigenvalue weighted by Gasteiger charge is 2.25. The predicted octanol–water partition coefficient (Wildman–Crippen LogP) is 4.13. The van der Waals surface area contributed by atoms with Crippen LogP contribution in [0.1, 0.15) is 26.3 Å². The number of thioether (sulfide) groups is 1. The zero-order valence-electron chi connectivity index (χ0n) is 16.6. The summed E-state index contributed by atoms with van der Waals surface area (Å²) in [5.74, 6) is 0.357. The number of amides is 2. The van der Waals surface area contributed by atoms with Crippen molar-refractivity contribution in [3.05, 3.63) is 48.0 Å². The van der Waals surface area contributed by atoms with Crippen LogP contribution in [-0.2, 0) is 16.0 Å². The number of aromatic nitrogens is 2. The molecule has 1 aromatic heterocycles. The van der Waals surface area contributed by atoms with E-state index >= 15 is 0 Å². The minimum absolute atomic E-state index is 0.0659. The highest BCUT2D eigenvalue weighted by Crippen LogP contribution is 2.25. The molecular weight excluding hydrogens is 404 g/mol. The fourth-order valence-electron chi connectivity index (χ4n) is 3.00. The maximum Gasteiger partial charge on any atom is 0.249 e. The van der Waals surface area contributed by atoms with E-state index in [1.165, 1.54) is 11.3 Å². The molecule has 2 N–H and O–H groups in total. The number of anilines is 1. The number of nitrogens with zero attached hydrogens (tertiary/aromatic N) is 2. The van der Waals surface area contributed by atoms with Crippen molar-refractivity contribution in [2.75, 3.05) is 11.1 Å². The Morgan fingerprint density at radius 3 is 2.62 bits per heavy atom. The van der Waals surface area contributed by atoms with Crippen molar-refractivity contribution in [1.82, 2.24) is 15.5 Å². The average Bonchev–Trinajstić information content (AvgIpc) is 3.13. The number of hydrogen-bond donors (Lipinski definition) is 2. The fraction of sp³-hybridized carbons (Fsp3) is 0.333. The van der Waals surface area contributed by atoms with E-state index in [4.69, 9.17) is 0 Å². The number of carbonyl (C=O) groups excluding carboxylic acids is 2. The Balaban J connectivity index is 1.67. The molecule has 152 valence electrons. The lowest BCUT2D eigenvalue weighted by molar-refractivity contribution is -0.127. The lowest BCUT2D eigenvalue weighted by atomic mass is 10.0. The van der Waals surface area contributed by atoms with Gasteiger partial charge in [-0.3, -0.25) is 14.9 Å². The van der Waals surface area contributed by atoms with Gasteiger partial charge in [-0.15, -0.1) is 10.2 Å². The summed E-state index contributed by atoms with van der Waals surface area (Å²) in [6.07, 6.45) is 0.216. The van der Waals surface area contributed by atoms with Crippen LogP contribution in [-0.4, -0.2) is 33.8 Å². The highest BCUT2D eigenvalue weighted by molar-refractivity contribution is 8.01. The van der Waals surface area contributed by atoms with Crippen molar-refractivity contribution in [1.29, 1.82) is 0 Å². The molecule has 0 saturated carbocycles. The summed E-state index contributed by atoms with van der Waals surface area (Å²) in [5, 5.41) is 16.3. The zero-order valence-corrected chi connectivity index (χ0v) is 18.3. The summed E-state index contributed by atoms with van der Waals surface area (Å²) >= 11 is 2.91. The molecule has 0 fully saturated rings. The van der Waals surface area contributed by atoms with Crippen molar-refractivity contribution >= 4 is 50.8 Å². The van der Waals surface area contributed by atoms with Crippen molar-refractivity contribution in [3.8, 4) is 0 Å². The minimum atomic E-state index is -0.649. The lowest BCUT2D eigenvalue weighted by Gasteiger charge is -2.21. The molecule has 1 atom stereocenters. The summed E-state index contributed by atoms with van der Waals surface area (Å²) < 4.78 is 0.809. The first-order chi connectivity index (χ1) is 14.0. The normalized spacial score (nSPS) is 12.1. The molecule has 2 aromatic carbocycles. The number of carbonyl (C=O) groups is 2. The highest BCUT2D eigenvalue weighted by atomic mass is 32.2. The molecule has 0 saturated heterocycles. The molecule has 3 rings (SSSR count). The first-order valence-electron chi connectivity index (χ1n) is 9.51. The maximum atomic E-state index is 12.7. The van der Waals surface area contributed by atoms with Gasteiger partial charge in [-0.25, -0.2) is 0 Å². The number of fused-ring (bicyclic) bond motifs is 1. The Hall–Kier alpha value is -2.45. The molecule has 0 aliphatic heterocycles. The predicted molar refractivity (Wildman–Crippen MR) is 119 cm³/mol. The molecule has 1 heterocycles. The second kappa shape index (κ2) is 9.84. The standard InChI is InChI=1S/C21H24N4O2S2/c1-4-28-21-25-24-20(29-21)23-19(27)18(13(2)3)22-17(26)12-15-10-7-9-14-8-5-6-11-16(14)15/h5-11,13,18H,4,12H2,1-3H3,(H,22,26)(H,23,24,27)/t18-/m0/s1. The molecule has 6 nitrogen and oxygen atoms in total. The quantitative estimate of drug-likeness (QED) is 0.416. The molecule has 29 heavy (non-hydrogen) atoms. The Bertz CT molecular complexity index is 998. The molecule has 0 spiro atoms. The third-order valence-electron chi connectivity index (χ3n) is 4.40. The van der Waals surface area contributed by atoms with E-state index in [0.29, 0.717) is 5.13 Å². The van der Waals surface area contributed by atoms with Gasteiger partial charge in [-0.2, -0.15) is 0 Å². The van der Waals surface area contributed by atoms with E-state index in [9.17, 15) is 9.59 Å². The Labute approximate surface area is 178 Å². The Kier molecular flexibility index (Phi) is 7.22. The number of hydrogen-bond acceptors (Lipinski definition) is 6. The molecule has 3 aromatic rings. The third-order valence-corrected chi connectivity index (χ3v) is 6.26. The van der Waals surface area contributed by atoms with Gasteiger partial charge in [0.25, 0.3) is 0 Å². The van der Waals surface area contributed by atoms with Crippen molar-refractivity contribution in [3.63, 3.8) is 0 Å². The van der Waals surface area contributed by atoms with Crippen molar-refractivity contribution in [2.45, 2.75) is 37.6 Å². The average molecular weight is 429 g/mol. The smallest absolute Gasteiger partial charge is 0.249 e. The molecule has 8 heteroatoms. The van der Waals surface area contributed by atoms with Crippen LogP contribution < -0.4 is 10.6 Å². The van der Waals surface area contributed by atoms with E-state index in [1.54, 1.807) is 11.8 Å². The van der Waals surface area contributed by atoms with Crippen molar-refractivity contribution < 1.29 is 9.59 Å². The van der Waals surface area contributed by atoms with Gasteiger partial charge in [0.15, 0.2) is 4.34 Å². The van der Waals surface area contributed by atoms with E-state index in [1.807, 2.05) is 63.2 Å². The molecule has 2 amide bonds. The van der Waals surface area contributed by atoms with Gasteiger partial charge in [0.1, 0.15) is 6.04 Å². The third kappa shape index (κ3) is 5.55. The summed E-state index contributed by atoms with van der Waals surface area (Å²) in [6, 6.07) is 13.2. The zero-order chi connectivity index (χ0) is 20.8. The van der Waals surface area contributed by atoms with E-state index in [-0.39, 0.29) is 24.2 Å². The number of nitrogens with one attached hydrogen (secondary N) is 2. The molecule has 0 bridgehead atoms. The maximum absolute atomic E-state index is 12.7. The van der Waals surface area contributed by atoms with Gasteiger partial charge < -0.3 is 5.32 Å². The lowest BCUT2D eigenvalue weighted by Crippen LogP contribution is -2.47. The summed E-state index contributed by atoms with van der Waals surface area (Å²) in [5.41, 5.74) is 0.939. The van der Waals surface area contributed by atoms with Crippen LogP contribution in [0.15, 0.2) is 46.8 Å². The van der Waals surface area contributed by atoms with E-state index in [0.717, 1.165) is 26.4 Å². The SMILES string of the molecule is CCSc1nnc(NC(=O)[C@@H](NC(=O)Cc2cccc3ccccc23)C(C)C)s1. The first-order valence-corrected chi connectivity index (χ1v) is 11.3. The van der Waals surface area contributed by atoms with Crippen molar-refractivity contribution in [2.24, 2.45) is 5.92 Å². The summed E-state index contributed by atoms with van der Waals surface area (Å²) in [7, 11) is 0. The first kappa shape index (κ1) is 21.3. The van der Waals surface area contributed by atoms with Crippen LogP contribution >= 0.6 is 23.1 Å². The van der Waals surface area contributed by atoms with Crippen LogP contribution in [0.25, 0.3) is 10.8 Å². The Morgan fingerprint density at radius 1 is 1.10 bits per heavy atom. The van der Waals surface area contributed by atoms with Gasteiger partial charge >= 0.3 is 0 Å². The van der Waals surface area contributed by atoms with Crippen LogP contribution in [0, 0.1) is 5.92 Å². The second-order valence-corrected chi connectivity index (χ2v) is 9.39.